The van der Waals surface area contributed by atoms with Crippen molar-refractivity contribution in [3.05, 3.63) is 29.3 Å². The van der Waals surface area contributed by atoms with Gasteiger partial charge in [-0.1, -0.05) is 19.4 Å². The largest absolute Gasteiger partial charge is 0.476 e. The first kappa shape index (κ1) is 11.9. The van der Waals surface area contributed by atoms with Gasteiger partial charge in [-0.2, -0.15) is 5.10 Å². The molecule has 0 unspecified atom stereocenters. The number of hydrogen-bond acceptors (Lipinski definition) is 3. The second kappa shape index (κ2) is 5.14. The van der Waals surface area contributed by atoms with Gasteiger partial charge in [-0.25, -0.2) is 4.79 Å². The summed E-state index contributed by atoms with van der Waals surface area (Å²) in [6, 6.07) is 5.58. The fraction of sp³-hybridized carbons (Fsp3) is 0.333. The fourth-order valence-corrected chi connectivity index (χ4v) is 2.37. The van der Waals surface area contributed by atoms with Crippen LogP contribution in [0.5, 0.6) is 0 Å². The normalized spacial score (nSPS) is 10.6. The molecular formula is C12H14N2O2S. The van der Waals surface area contributed by atoms with Gasteiger partial charge in [-0.05, 0) is 23.9 Å². The van der Waals surface area contributed by atoms with Crippen LogP contribution in [0.1, 0.15) is 30.3 Å². The van der Waals surface area contributed by atoms with Gasteiger partial charge in [0.2, 0.25) is 0 Å². The third-order valence-corrected chi connectivity index (χ3v) is 3.39. The lowest BCUT2D eigenvalue weighted by molar-refractivity contribution is 0.0689. The van der Waals surface area contributed by atoms with Crippen molar-refractivity contribution >= 4 is 17.3 Å². The number of aryl methyl sites for hydroxylation is 1. The molecule has 0 amide bonds. The first-order valence-corrected chi connectivity index (χ1v) is 6.45. The molecule has 0 aliphatic rings. The van der Waals surface area contributed by atoms with E-state index in [1.54, 1.807) is 22.1 Å². The lowest BCUT2D eigenvalue weighted by Gasteiger charge is -2.04. The Labute approximate surface area is 104 Å². The molecular weight excluding hydrogens is 236 g/mol. The fourth-order valence-electron chi connectivity index (χ4n) is 1.62. The Balaban J connectivity index is 2.37. The Hall–Kier alpha value is -1.62. The van der Waals surface area contributed by atoms with Gasteiger partial charge < -0.3 is 5.11 Å². The highest BCUT2D eigenvalue weighted by Gasteiger charge is 2.14. The number of carbonyl (C=O) groups is 1. The van der Waals surface area contributed by atoms with Crippen molar-refractivity contribution in [2.45, 2.75) is 26.3 Å². The van der Waals surface area contributed by atoms with Gasteiger partial charge in [0.15, 0.2) is 5.69 Å². The molecule has 0 aromatic carbocycles. The Bertz CT molecular complexity index is 503. The second-order valence-electron chi connectivity index (χ2n) is 3.77. The van der Waals surface area contributed by atoms with Crippen molar-refractivity contribution in [2.24, 2.45) is 0 Å². The van der Waals surface area contributed by atoms with E-state index in [9.17, 15) is 4.79 Å². The lowest BCUT2D eigenvalue weighted by Crippen LogP contribution is -2.04. The third kappa shape index (κ3) is 2.55. The molecule has 2 rings (SSSR count). The van der Waals surface area contributed by atoms with Crippen LogP contribution in [0.15, 0.2) is 23.6 Å². The minimum absolute atomic E-state index is 0.115. The van der Waals surface area contributed by atoms with Crippen molar-refractivity contribution in [3.63, 3.8) is 0 Å². The van der Waals surface area contributed by atoms with Crippen molar-refractivity contribution in [1.29, 1.82) is 0 Å². The van der Waals surface area contributed by atoms with Crippen LogP contribution < -0.4 is 0 Å². The quantitative estimate of drug-likeness (QED) is 0.887. The summed E-state index contributed by atoms with van der Waals surface area (Å²) < 4.78 is 1.79. The molecule has 90 valence electrons. The number of aromatic carboxylic acids is 1. The molecule has 5 heteroatoms. The van der Waals surface area contributed by atoms with Crippen LogP contribution in [0.4, 0.5) is 0 Å². The van der Waals surface area contributed by atoms with Crippen LogP contribution in [-0.4, -0.2) is 20.9 Å². The van der Waals surface area contributed by atoms with Crippen LogP contribution >= 0.6 is 11.3 Å². The molecule has 0 radical (unpaired) electrons. The zero-order valence-corrected chi connectivity index (χ0v) is 10.4. The summed E-state index contributed by atoms with van der Waals surface area (Å²) in [4.78, 5) is 12.0. The Kier molecular flexibility index (Phi) is 3.58. The molecule has 2 aromatic heterocycles. The van der Waals surface area contributed by atoms with E-state index in [-0.39, 0.29) is 5.69 Å². The predicted molar refractivity (Wildman–Crippen MR) is 67.4 cm³/mol. The first-order chi connectivity index (χ1) is 8.22. The first-order valence-electron chi connectivity index (χ1n) is 5.57. The molecule has 0 saturated heterocycles. The number of carboxylic acids is 1. The average molecular weight is 250 g/mol. The van der Waals surface area contributed by atoms with Gasteiger partial charge >= 0.3 is 5.97 Å². The highest BCUT2D eigenvalue weighted by atomic mass is 32.1. The molecule has 0 aliphatic heterocycles. The van der Waals surface area contributed by atoms with E-state index >= 15 is 0 Å². The smallest absolute Gasteiger partial charge is 0.356 e. The maximum absolute atomic E-state index is 10.9. The van der Waals surface area contributed by atoms with Crippen molar-refractivity contribution in [1.82, 2.24) is 9.78 Å². The van der Waals surface area contributed by atoms with E-state index in [4.69, 9.17) is 5.11 Å². The summed E-state index contributed by atoms with van der Waals surface area (Å²) in [5.41, 5.74) is 1.01. The van der Waals surface area contributed by atoms with Gasteiger partial charge in [-0.3, -0.25) is 4.68 Å². The highest BCUT2D eigenvalue weighted by Crippen LogP contribution is 2.25. The summed E-state index contributed by atoms with van der Waals surface area (Å²) in [6.07, 6.45) is 2.06. The molecule has 17 heavy (non-hydrogen) atoms. The molecule has 0 fully saturated rings. The number of rotatable bonds is 5. The van der Waals surface area contributed by atoms with E-state index in [0.717, 1.165) is 30.0 Å². The Morgan fingerprint density at radius 2 is 2.41 bits per heavy atom. The third-order valence-electron chi connectivity index (χ3n) is 2.50. The topological polar surface area (TPSA) is 55.1 Å². The van der Waals surface area contributed by atoms with Gasteiger partial charge in [0.1, 0.15) is 0 Å². The van der Waals surface area contributed by atoms with Crippen LogP contribution in [0.25, 0.3) is 10.6 Å². The van der Waals surface area contributed by atoms with Gasteiger partial charge in [0.05, 0.1) is 10.6 Å². The van der Waals surface area contributed by atoms with Crippen LogP contribution in [0.2, 0.25) is 0 Å². The number of unbranched alkanes of at least 4 members (excludes halogenated alkanes) is 1. The molecule has 0 spiro atoms. The molecule has 0 bridgehead atoms. The van der Waals surface area contributed by atoms with E-state index in [1.165, 1.54) is 0 Å². The monoisotopic (exact) mass is 250 g/mol. The summed E-state index contributed by atoms with van der Waals surface area (Å²) >= 11 is 1.59. The molecule has 0 atom stereocenters. The summed E-state index contributed by atoms with van der Waals surface area (Å²) in [7, 11) is 0. The number of thiophene rings is 1. The lowest BCUT2D eigenvalue weighted by atomic mass is 10.3. The Morgan fingerprint density at radius 1 is 1.59 bits per heavy atom. The summed E-state index contributed by atoms with van der Waals surface area (Å²) in [5.74, 6) is -0.974. The zero-order chi connectivity index (χ0) is 12.3. The second-order valence-corrected chi connectivity index (χ2v) is 4.72. The number of carboxylic acid groups (broad SMARTS) is 1. The highest BCUT2D eigenvalue weighted by molar-refractivity contribution is 7.13. The minimum atomic E-state index is -0.974. The molecule has 2 aromatic rings. The molecule has 0 saturated carbocycles. The molecule has 4 nitrogen and oxygen atoms in total. The van der Waals surface area contributed by atoms with Crippen molar-refractivity contribution < 1.29 is 9.90 Å². The predicted octanol–water partition coefficient (Wildman–Crippen LogP) is 3.11. The van der Waals surface area contributed by atoms with E-state index in [0.29, 0.717) is 0 Å². The minimum Gasteiger partial charge on any atom is -0.476 e. The van der Waals surface area contributed by atoms with E-state index in [1.807, 2.05) is 17.5 Å². The van der Waals surface area contributed by atoms with Crippen LogP contribution in [-0.2, 0) is 6.54 Å². The number of nitrogens with zero attached hydrogens (tertiary/aromatic N) is 2. The standard InChI is InChI=1S/C12H14N2O2S/c1-2-3-6-14-10(11-5-4-7-17-11)8-9(13-14)12(15)16/h4-5,7-8H,2-3,6H2,1H3,(H,15,16). The maximum Gasteiger partial charge on any atom is 0.356 e. The average Bonchev–Trinajstić information content (AvgIpc) is 2.94. The zero-order valence-electron chi connectivity index (χ0n) is 9.59. The van der Waals surface area contributed by atoms with Crippen LogP contribution in [0, 0.1) is 0 Å². The van der Waals surface area contributed by atoms with Crippen molar-refractivity contribution in [2.75, 3.05) is 0 Å². The number of hydrogen-bond donors (Lipinski definition) is 1. The number of aromatic nitrogens is 2. The van der Waals surface area contributed by atoms with E-state index in [2.05, 4.69) is 12.0 Å². The SMILES string of the molecule is CCCCn1nc(C(=O)O)cc1-c1cccs1. The summed E-state index contributed by atoms with van der Waals surface area (Å²) in [6.45, 7) is 2.86. The Morgan fingerprint density at radius 3 is 3.00 bits per heavy atom. The van der Waals surface area contributed by atoms with Crippen LogP contribution in [0.3, 0.4) is 0 Å². The van der Waals surface area contributed by atoms with E-state index < -0.39 is 5.97 Å². The maximum atomic E-state index is 10.9. The van der Waals surface area contributed by atoms with Gasteiger partial charge in [0, 0.05) is 6.54 Å². The van der Waals surface area contributed by atoms with Crippen molar-refractivity contribution in [3.8, 4) is 10.6 Å². The molecule has 1 N–H and O–H groups in total. The summed E-state index contributed by atoms with van der Waals surface area (Å²) in [5, 5.41) is 15.1. The van der Waals surface area contributed by atoms with Gasteiger partial charge in [0.25, 0.3) is 0 Å². The molecule has 2 heterocycles. The van der Waals surface area contributed by atoms with Gasteiger partial charge in [-0.15, -0.1) is 11.3 Å². The molecule has 0 aliphatic carbocycles.